The van der Waals surface area contributed by atoms with Crippen molar-refractivity contribution in [3.05, 3.63) is 212 Å². The van der Waals surface area contributed by atoms with Crippen molar-refractivity contribution in [1.29, 1.82) is 0 Å². The number of ether oxygens (including phenoxy) is 10. The molecular formula is C107H151BBr3ClF5N6O24PdS. The molecule has 4 fully saturated rings. The first kappa shape index (κ1) is 137. The van der Waals surface area contributed by atoms with Crippen LogP contribution in [0.3, 0.4) is 0 Å². The van der Waals surface area contributed by atoms with Crippen LogP contribution in [-0.2, 0) is 77.9 Å². The molecule has 6 atom stereocenters. The van der Waals surface area contributed by atoms with Crippen LogP contribution in [-0.4, -0.2) is 184 Å². The summed E-state index contributed by atoms with van der Waals surface area (Å²) in [6, 6.07) is 27.5. The van der Waals surface area contributed by atoms with Crippen LogP contribution in [0.5, 0.6) is 23.0 Å². The first-order valence-electron chi connectivity index (χ1n) is 48.7. The standard InChI is InChI=1S/C31H43BrN2O5.C22H35BrN2O4.C21H18BrF5O5.C9H9ClO.C7H18N2.C7H8O3S.C6H12BO2.2C2H4O2.Pd/c1-8-26(31(5,6)7)34(30(36)23-18-20(2)17-21(3)19-23)33-29(35)24-12-13-25(32)28(22(24)4)39-16-15-38-27-11-9-10-14-37-27;1-6-18(22(3,4)5)24-25-21(26)16-10-11-17(23)20(15(16)2)29-14-13-28-19-9-7-8-12-27-19;1-10-11(21(28)32-20-17(26)15(24)14(23)16(25)18(20)27)5-6-12(22)19(10)31-9-8-30-13-4-2-3-7-29-13;1-6-3-7(2)5-8(4-6)9(10)11;1-5-6(9-8)7(2,3)4;1-6-2-4-7(5-3-6)11(8,9)10;1-5(2)6(3,4)9-7-8-5;2*1-2(3)4;/h12-13,17-19,26-27H,8-11,14-16H2,1-7H3,(H,33,35);10-11,18-19,24H,6-9,12-14H2,1-5H3,(H,25,26);5-6,13H,2-4,7-9H2,1H3;3-5H,1-2H3;6,9H,5,8H2,1-4H3;2-5H,1H3,(H,8,9,10);1-4H3;2*1H3,(H,3,4);/t26-,27?;18-,19?;;;6-;;;;;/m11..1...../s1. The molecule has 9 N–H and O–H groups in total. The third kappa shape index (κ3) is 47.9. The molecule has 7 aromatic rings. The number of carboxylic acid groups (broad SMARTS) is 2. The number of rotatable bonds is 29. The Labute approximate surface area is 920 Å². The number of halogens is 9. The molecule has 0 spiro atoms. The van der Waals surface area contributed by atoms with E-state index in [-0.39, 0.29) is 132 Å². The summed E-state index contributed by atoms with van der Waals surface area (Å²) in [6.07, 6.45) is 11.1. The van der Waals surface area contributed by atoms with Gasteiger partial charge in [-0.25, -0.2) is 28.4 Å². The Morgan fingerprint density at radius 2 is 0.832 bits per heavy atom. The van der Waals surface area contributed by atoms with E-state index in [4.69, 9.17) is 93.7 Å². The molecule has 149 heavy (non-hydrogen) atoms. The summed E-state index contributed by atoms with van der Waals surface area (Å²) in [7, 11) is -2.60. The number of hydrogen-bond acceptors (Lipinski definition) is 24. The first-order chi connectivity index (χ1) is 68.9. The summed E-state index contributed by atoms with van der Waals surface area (Å²) < 4.78 is 165. The van der Waals surface area contributed by atoms with Gasteiger partial charge in [0, 0.05) is 105 Å². The fourth-order valence-corrected chi connectivity index (χ4v) is 17.1. The van der Waals surface area contributed by atoms with Crippen molar-refractivity contribution < 1.29 is 156 Å². The van der Waals surface area contributed by atoms with E-state index in [1.54, 1.807) is 42.5 Å². The average molecular weight is 2420 g/mol. The fourth-order valence-electron chi connectivity index (χ4n) is 14.9. The number of esters is 1. The van der Waals surface area contributed by atoms with E-state index in [2.05, 4.69) is 150 Å². The van der Waals surface area contributed by atoms with E-state index in [1.807, 2.05) is 113 Å². The monoisotopic (exact) mass is 2420 g/mol. The van der Waals surface area contributed by atoms with Crippen LogP contribution in [0.15, 0.2) is 115 Å². The minimum absolute atomic E-state index is 0. The van der Waals surface area contributed by atoms with Gasteiger partial charge in [0.2, 0.25) is 34.8 Å². The molecule has 42 heteroatoms. The molecule has 4 aliphatic heterocycles. The van der Waals surface area contributed by atoms with Gasteiger partial charge in [0.15, 0.2) is 18.9 Å². The van der Waals surface area contributed by atoms with Crippen molar-refractivity contribution in [3.8, 4) is 23.0 Å². The van der Waals surface area contributed by atoms with Crippen molar-refractivity contribution in [2.75, 3.05) is 59.5 Å². The molecule has 3 amide bonds. The number of carbonyl (C=O) groups is 7. The number of aliphatic carboxylic acids is 2. The first-order valence-corrected chi connectivity index (χ1v) is 52.9. The van der Waals surface area contributed by atoms with Crippen molar-refractivity contribution in [3.63, 3.8) is 0 Å². The molecule has 0 aliphatic carbocycles. The zero-order chi connectivity index (χ0) is 112. The Balaban J connectivity index is 0.000000618. The van der Waals surface area contributed by atoms with Gasteiger partial charge in [-0.2, -0.15) is 17.2 Å². The molecular weight excluding hydrogens is 2270 g/mol. The SMILES string of the molecule is CC(=O)O.CC(=O)O.CC1(C)O[B]OC1(C)C.CC[C@@H](N(NC(=O)c1ccc(Br)c(OCCOC2CCCCO2)c1C)C(=O)c1cc(C)cc(C)c1)C(C)(C)C.CC[C@@H](NN)C(C)(C)C.CC[C@@H](NNC(=O)c1ccc(Br)c(OCCOC2CCCCO2)c1C)C(C)(C)C.Cc1c(C(=O)Oc2c(F)c(F)c(F)c(F)c2F)ccc(Br)c1OCCOC1CCCCO1.Cc1cc(C)cc(C(=O)Cl)c1.Cc1ccc(S(=O)(=O)O)cc1.[Pd]. The largest absolute Gasteiger partial charge is 0.490 e. The maximum absolute atomic E-state index is 13.8. The Bertz CT molecular complexity index is 5450. The second-order valence-corrected chi connectivity index (χ2v) is 43.8. The second kappa shape index (κ2) is 66.3. The van der Waals surface area contributed by atoms with Crippen LogP contribution >= 0.6 is 59.4 Å². The van der Waals surface area contributed by atoms with Crippen molar-refractivity contribution in [2.24, 2.45) is 22.1 Å². The van der Waals surface area contributed by atoms with Gasteiger partial charge in [0.05, 0.1) is 60.9 Å². The molecule has 11 rings (SSSR count). The maximum Gasteiger partial charge on any atom is 0.488 e. The number of aryl methyl sites for hydroxylation is 5. The minimum Gasteiger partial charge on any atom is -0.490 e. The number of amides is 3. The van der Waals surface area contributed by atoms with Gasteiger partial charge < -0.3 is 66.9 Å². The molecule has 4 heterocycles. The Morgan fingerprint density at radius 3 is 1.13 bits per heavy atom. The summed E-state index contributed by atoms with van der Waals surface area (Å²) in [5.74, 6) is -9.94. The Hall–Kier alpha value is -7.99. The van der Waals surface area contributed by atoms with E-state index in [9.17, 15) is 54.3 Å². The number of nitrogens with two attached hydrogens (primary N) is 1. The Morgan fingerprint density at radius 1 is 0.490 bits per heavy atom. The van der Waals surface area contributed by atoms with Gasteiger partial charge in [0.25, 0.3) is 45.0 Å². The number of carbonyl (C=O) groups excluding carboxylic acids is 5. The molecule has 30 nitrogen and oxygen atoms in total. The summed E-state index contributed by atoms with van der Waals surface area (Å²) in [6.45, 7) is 54.5. The van der Waals surface area contributed by atoms with Gasteiger partial charge in [-0.05, 0) is 309 Å². The van der Waals surface area contributed by atoms with Gasteiger partial charge in [-0.1, -0.05) is 135 Å². The van der Waals surface area contributed by atoms with Crippen LogP contribution in [0, 0.1) is 101 Å². The van der Waals surface area contributed by atoms with Gasteiger partial charge in [0.1, 0.15) is 37.1 Å². The fraction of sp³-hybridized carbons (Fsp3) is 0.542. The molecule has 4 aliphatic rings. The number of nitrogens with one attached hydrogen (secondary N) is 4. The van der Waals surface area contributed by atoms with Crippen LogP contribution in [0.2, 0.25) is 0 Å². The number of hydrogen-bond donors (Lipinski definition) is 8. The molecule has 3 unspecified atom stereocenters. The normalized spacial score (nSPS) is 16.0. The van der Waals surface area contributed by atoms with Crippen molar-refractivity contribution >= 4 is 118 Å². The molecule has 0 saturated carbocycles. The predicted octanol–water partition coefficient (Wildman–Crippen LogP) is 23.7. The van der Waals surface area contributed by atoms with E-state index in [1.165, 1.54) is 43.9 Å². The molecule has 835 valence electrons. The van der Waals surface area contributed by atoms with Crippen molar-refractivity contribution in [1.82, 2.24) is 26.7 Å². The molecule has 4 saturated heterocycles. The van der Waals surface area contributed by atoms with Crippen LogP contribution < -0.4 is 46.5 Å². The topological polar surface area (TPSA) is 402 Å². The van der Waals surface area contributed by atoms with Gasteiger partial charge in [-0.15, -0.1) is 0 Å². The maximum atomic E-state index is 13.8. The summed E-state index contributed by atoms with van der Waals surface area (Å²) in [5, 5.41) is 16.0. The second-order valence-electron chi connectivity index (χ2n) is 39.5. The van der Waals surface area contributed by atoms with Gasteiger partial charge >= 0.3 is 13.7 Å². The number of carboxylic acids is 2. The van der Waals surface area contributed by atoms with Crippen LogP contribution in [0.4, 0.5) is 22.0 Å². The minimum atomic E-state index is -4.02. The van der Waals surface area contributed by atoms with E-state index in [0.717, 1.165) is 140 Å². The van der Waals surface area contributed by atoms with E-state index >= 15 is 0 Å². The quantitative estimate of drug-likeness (QED) is 0.00184. The third-order valence-electron chi connectivity index (χ3n) is 23.4. The van der Waals surface area contributed by atoms with E-state index < -0.39 is 68.1 Å². The summed E-state index contributed by atoms with van der Waals surface area (Å²) >= 11 is 15.7. The number of benzene rings is 7. The predicted molar refractivity (Wildman–Crippen MR) is 571 cm³/mol. The smallest absolute Gasteiger partial charge is 0.488 e. The molecule has 0 bridgehead atoms. The van der Waals surface area contributed by atoms with Crippen molar-refractivity contribution in [2.45, 2.75) is 310 Å². The third-order valence-corrected chi connectivity index (χ3v) is 26.4. The van der Waals surface area contributed by atoms with E-state index in [0.29, 0.717) is 89.3 Å². The Kier molecular flexibility index (Phi) is 61.0. The van der Waals surface area contributed by atoms with Crippen LogP contribution in [0.1, 0.15) is 298 Å². The molecule has 1 radical (unpaired) electrons. The molecule has 7 aromatic carbocycles. The zero-order valence-electron chi connectivity index (χ0n) is 90.2. The van der Waals surface area contributed by atoms with Crippen LogP contribution in [0.25, 0.3) is 0 Å². The number of nitrogens with zero attached hydrogens (tertiary/aromatic N) is 1. The molecule has 0 aromatic heterocycles. The summed E-state index contributed by atoms with van der Waals surface area (Å²) in [4.78, 5) is 81.3. The average Bonchev–Trinajstić information content (AvgIpc) is 1.51. The van der Waals surface area contributed by atoms with Gasteiger partial charge in [-0.3, -0.25) is 55.4 Å². The summed E-state index contributed by atoms with van der Waals surface area (Å²) in [5.41, 5.74) is 20.2. The number of hydrazine groups is 3. The zero-order valence-corrected chi connectivity index (χ0v) is 98.1.